The van der Waals surface area contributed by atoms with Gasteiger partial charge in [0.25, 0.3) is 0 Å². The maximum Gasteiger partial charge on any atom is 0.123 e. The van der Waals surface area contributed by atoms with Crippen molar-refractivity contribution in [3.05, 3.63) is 35.6 Å². The number of nitrogens with zero attached hydrogens (tertiary/aromatic N) is 1. The second kappa shape index (κ2) is 8.56. The highest BCUT2D eigenvalue weighted by Crippen LogP contribution is 2.31. The van der Waals surface area contributed by atoms with E-state index in [4.69, 9.17) is 5.73 Å². The van der Waals surface area contributed by atoms with E-state index < -0.39 is 0 Å². The smallest absolute Gasteiger partial charge is 0.123 e. The fourth-order valence-electron chi connectivity index (χ4n) is 2.08. The first-order chi connectivity index (χ1) is 9.08. The first-order valence-corrected chi connectivity index (χ1v) is 7.98. The summed E-state index contributed by atoms with van der Waals surface area (Å²) in [4.78, 5) is 2.39. The number of hydrogen-bond donors (Lipinski definition) is 1. The molecule has 0 aromatic heterocycles. The molecule has 0 saturated carbocycles. The average Bonchev–Trinajstić information content (AvgIpc) is 2.38. The van der Waals surface area contributed by atoms with Gasteiger partial charge >= 0.3 is 0 Å². The summed E-state index contributed by atoms with van der Waals surface area (Å²) in [5.74, 6) is 0.831. The van der Waals surface area contributed by atoms with Gasteiger partial charge in [-0.3, -0.25) is 0 Å². The van der Waals surface area contributed by atoms with E-state index in [0.717, 1.165) is 31.0 Å². The van der Waals surface area contributed by atoms with Crippen LogP contribution in [0.25, 0.3) is 0 Å². The lowest BCUT2D eigenvalue weighted by Gasteiger charge is -2.23. The molecule has 2 nitrogen and oxygen atoms in total. The zero-order valence-electron chi connectivity index (χ0n) is 12.1. The predicted octanol–water partition coefficient (Wildman–Crippen LogP) is 3.29. The fraction of sp³-hybridized carbons (Fsp3) is 0.600. The Morgan fingerprint density at radius 1 is 1.32 bits per heavy atom. The highest BCUT2D eigenvalue weighted by molar-refractivity contribution is 7.99. The first kappa shape index (κ1) is 16.5. The van der Waals surface area contributed by atoms with Crippen molar-refractivity contribution in [1.29, 1.82) is 0 Å². The van der Waals surface area contributed by atoms with Crippen LogP contribution in [0.4, 0.5) is 4.39 Å². The molecule has 0 spiro atoms. The van der Waals surface area contributed by atoms with E-state index in [-0.39, 0.29) is 17.1 Å². The SMILES string of the molecule is CCN(CC)CCSC(c1cccc(F)c1)C(C)N. The second-order valence-corrected chi connectivity index (χ2v) is 5.98. The van der Waals surface area contributed by atoms with Gasteiger partial charge in [-0.2, -0.15) is 11.8 Å². The van der Waals surface area contributed by atoms with Gasteiger partial charge in [-0.25, -0.2) is 4.39 Å². The first-order valence-electron chi connectivity index (χ1n) is 6.93. The minimum Gasteiger partial charge on any atom is -0.327 e. The standard InChI is InChI=1S/C15H25FN2S/c1-4-18(5-2)9-10-19-15(12(3)17)13-7-6-8-14(16)11-13/h6-8,11-12,15H,4-5,9-10,17H2,1-3H3. The molecule has 0 aliphatic heterocycles. The Morgan fingerprint density at radius 3 is 2.53 bits per heavy atom. The van der Waals surface area contributed by atoms with Crippen LogP contribution in [0.2, 0.25) is 0 Å². The number of halogens is 1. The Balaban J connectivity index is 2.59. The minimum absolute atomic E-state index is 0.0171. The molecule has 108 valence electrons. The van der Waals surface area contributed by atoms with Crippen molar-refractivity contribution in [3.63, 3.8) is 0 Å². The Kier molecular flexibility index (Phi) is 7.42. The number of hydrogen-bond acceptors (Lipinski definition) is 3. The average molecular weight is 284 g/mol. The van der Waals surface area contributed by atoms with Crippen LogP contribution in [0.3, 0.4) is 0 Å². The van der Waals surface area contributed by atoms with Crippen LogP contribution < -0.4 is 5.73 Å². The van der Waals surface area contributed by atoms with E-state index in [1.165, 1.54) is 6.07 Å². The monoisotopic (exact) mass is 284 g/mol. The molecule has 0 fully saturated rings. The second-order valence-electron chi connectivity index (χ2n) is 4.73. The third-order valence-electron chi connectivity index (χ3n) is 3.25. The normalized spacial score (nSPS) is 14.6. The lowest BCUT2D eigenvalue weighted by Crippen LogP contribution is -2.27. The van der Waals surface area contributed by atoms with E-state index in [1.807, 2.05) is 24.8 Å². The van der Waals surface area contributed by atoms with E-state index in [9.17, 15) is 4.39 Å². The van der Waals surface area contributed by atoms with Crippen molar-refractivity contribution in [1.82, 2.24) is 4.90 Å². The van der Waals surface area contributed by atoms with E-state index in [1.54, 1.807) is 12.1 Å². The number of rotatable bonds is 8. The molecule has 2 unspecified atom stereocenters. The van der Waals surface area contributed by atoms with Gasteiger partial charge in [-0.1, -0.05) is 26.0 Å². The van der Waals surface area contributed by atoms with E-state index in [2.05, 4.69) is 18.7 Å². The third-order valence-corrected chi connectivity index (χ3v) is 4.73. The van der Waals surface area contributed by atoms with Crippen LogP contribution in [0.15, 0.2) is 24.3 Å². The van der Waals surface area contributed by atoms with Gasteiger partial charge < -0.3 is 10.6 Å². The maximum atomic E-state index is 13.3. The van der Waals surface area contributed by atoms with Gasteiger partial charge in [-0.15, -0.1) is 0 Å². The van der Waals surface area contributed by atoms with Crippen molar-refractivity contribution in [2.24, 2.45) is 5.73 Å². The Hall–Kier alpha value is -0.580. The predicted molar refractivity (Wildman–Crippen MR) is 83.0 cm³/mol. The van der Waals surface area contributed by atoms with Gasteiger partial charge in [0.15, 0.2) is 0 Å². The molecule has 1 rings (SSSR count). The Morgan fingerprint density at radius 2 is 2.00 bits per heavy atom. The maximum absolute atomic E-state index is 13.3. The molecule has 0 radical (unpaired) electrons. The van der Waals surface area contributed by atoms with Crippen molar-refractivity contribution >= 4 is 11.8 Å². The van der Waals surface area contributed by atoms with Crippen molar-refractivity contribution in [2.45, 2.75) is 32.1 Å². The lowest BCUT2D eigenvalue weighted by atomic mass is 10.1. The Labute approximate surface area is 120 Å². The number of nitrogens with two attached hydrogens (primary N) is 1. The number of thioether (sulfide) groups is 1. The molecular formula is C15H25FN2S. The summed E-state index contributed by atoms with van der Waals surface area (Å²) in [5, 5.41) is 0.159. The van der Waals surface area contributed by atoms with Crippen molar-refractivity contribution < 1.29 is 4.39 Å². The van der Waals surface area contributed by atoms with Gasteiger partial charge in [0.2, 0.25) is 0 Å². The Bertz CT molecular complexity index is 367. The molecule has 0 saturated heterocycles. The molecule has 0 aliphatic carbocycles. The topological polar surface area (TPSA) is 29.3 Å². The molecule has 0 aliphatic rings. The molecule has 19 heavy (non-hydrogen) atoms. The lowest BCUT2D eigenvalue weighted by molar-refractivity contribution is 0.323. The summed E-state index contributed by atoms with van der Waals surface area (Å²) in [6.07, 6.45) is 0. The zero-order chi connectivity index (χ0) is 14.3. The van der Waals surface area contributed by atoms with Crippen LogP contribution in [-0.2, 0) is 0 Å². The van der Waals surface area contributed by atoms with Crippen LogP contribution >= 0.6 is 11.8 Å². The number of benzene rings is 1. The van der Waals surface area contributed by atoms with Gasteiger partial charge in [0.05, 0.1) is 0 Å². The third kappa shape index (κ3) is 5.51. The highest BCUT2D eigenvalue weighted by Gasteiger charge is 2.17. The van der Waals surface area contributed by atoms with Crippen molar-refractivity contribution in [2.75, 3.05) is 25.4 Å². The molecular weight excluding hydrogens is 259 g/mol. The quantitative estimate of drug-likeness (QED) is 0.794. The largest absolute Gasteiger partial charge is 0.327 e. The fourth-order valence-corrected chi connectivity index (χ4v) is 3.34. The summed E-state index contributed by atoms with van der Waals surface area (Å²) in [5.41, 5.74) is 7.03. The summed E-state index contributed by atoms with van der Waals surface area (Å²) < 4.78 is 13.3. The molecule has 4 heteroatoms. The molecule has 0 amide bonds. The summed E-state index contributed by atoms with van der Waals surface area (Å²) in [6.45, 7) is 9.52. The van der Waals surface area contributed by atoms with Gasteiger partial charge in [0, 0.05) is 23.6 Å². The summed E-state index contributed by atoms with van der Waals surface area (Å²) >= 11 is 1.82. The van der Waals surface area contributed by atoms with E-state index in [0.29, 0.717) is 0 Å². The van der Waals surface area contributed by atoms with E-state index >= 15 is 0 Å². The van der Waals surface area contributed by atoms with Gasteiger partial charge in [-0.05, 0) is 37.7 Å². The summed E-state index contributed by atoms with van der Waals surface area (Å²) in [6, 6.07) is 6.80. The van der Waals surface area contributed by atoms with Crippen LogP contribution in [0.5, 0.6) is 0 Å². The molecule has 2 N–H and O–H groups in total. The summed E-state index contributed by atoms with van der Waals surface area (Å²) in [7, 11) is 0. The minimum atomic E-state index is -0.188. The zero-order valence-corrected chi connectivity index (χ0v) is 12.9. The van der Waals surface area contributed by atoms with Crippen LogP contribution in [0.1, 0.15) is 31.6 Å². The molecule has 0 bridgehead atoms. The molecule has 1 aromatic carbocycles. The van der Waals surface area contributed by atoms with Crippen LogP contribution in [-0.4, -0.2) is 36.3 Å². The highest BCUT2D eigenvalue weighted by atomic mass is 32.2. The van der Waals surface area contributed by atoms with Crippen LogP contribution in [0, 0.1) is 5.82 Å². The molecule has 0 heterocycles. The van der Waals surface area contributed by atoms with Crippen molar-refractivity contribution in [3.8, 4) is 0 Å². The molecule has 1 aromatic rings. The van der Waals surface area contributed by atoms with Gasteiger partial charge in [0.1, 0.15) is 5.82 Å². The molecule has 2 atom stereocenters.